The SMILES string of the molecule is C/C=C/[C@H](O)[C@@H](C)C(=O)N1CCSC1=S. The number of rotatable bonds is 3. The molecule has 2 atom stereocenters. The second-order valence-corrected chi connectivity index (χ2v) is 5.14. The zero-order chi connectivity index (χ0) is 11.4. The van der Waals surface area contributed by atoms with Crippen molar-refractivity contribution in [3.05, 3.63) is 12.2 Å². The number of carbonyl (C=O) groups is 1. The number of allylic oxidation sites excluding steroid dienone is 1. The lowest BCUT2D eigenvalue weighted by Crippen LogP contribution is -2.39. The molecule has 0 aromatic carbocycles. The quantitative estimate of drug-likeness (QED) is 0.603. The van der Waals surface area contributed by atoms with Gasteiger partial charge in [-0.2, -0.15) is 0 Å². The van der Waals surface area contributed by atoms with Gasteiger partial charge in [-0.3, -0.25) is 9.69 Å². The third kappa shape index (κ3) is 3.03. The molecule has 0 aromatic heterocycles. The zero-order valence-electron chi connectivity index (χ0n) is 8.84. The van der Waals surface area contributed by atoms with Gasteiger partial charge in [0.15, 0.2) is 0 Å². The highest BCUT2D eigenvalue weighted by atomic mass is 32.2. The van der Waals surface area contributed by atoms with Crippen molar-refractivity contribution >= 4 is 34.2 Å². The number of aliphatic hydroxyl groups is 1. The average Bonchev–Trinajstić information content (AvgIpc) is 2.62. The predicted molar refractivity (Wildman–Crippen MR) is 66.8 cm³/mol. The van der Waals surface area contributed by atoms with E-state index in [0.717, 1.165) is 5.75 Å². The standard InChI is InChI=1S/C10H15NO2S2/c1-3-4-8(12)7(2)9(13)11-5-6-15-10(11)14/h3-4,7-8,12H,5-6H2,1-2H3/b4-3+/t7-,8+/m1/s1. The van der Waals surface area contributed by atoms with Crippen LogP contribution in [0.25, 0.3) is 0 Å². The fraction of sp³-hybridized carbons (Fsp3) is 0.600. The molecule has 0 spiro atoms. The topological polar surface area (TPSA) is 40.5 Å². The van der Waals surface area contributed by atoms with Crippen molar-refractivity contribution in [2.24, 2.45) is 5.92 Å². The number of thiocarbonyl (C=S) groups is 1. The second kappa shape index (κ2) is 5.63. The maximum atomic E-state index is 11.9. The van der Waals surface area contributed by atoms with E-state index < -0.39 is 12.0 Å². The molecule has 84 valence electrons. The van der Waals surface area contributed by atoms with Gasteiger partial charge >= 0.3 is 0 Å². The molecule has 0 bridgehead atoms. The Morgan fingerprint density at radius 2 is 2.40 bits per heavy atom. The molecule has 1 heterocycles. The van der Waals surface area contributed by atoms with E-state index in [-0.39, 0.29) is 5.91 Å². The summed E-state index contributed by atoms with van der Waals surface area (Å²) in [5.74, 6) is 0.338. The second-order valence-electron chi connectivity index (χ2n) is 3.41. The third-order valence-electron chi connectivity index (χ3n) is 2.32. The first-order valence-corrected chi connectivity index (χ1v) is 6.26. The van der Waals surface area contributed by atoms with Gasteiger partial charge in [0.05, 0.1) is 12.0 Å². The van der Waals surface area contributed by atoms with Gasteiger partial charge in [0.2, 0.25) is 5.91 Å². The number of amides is 1. The van der Waals surface area contributed by atoms with Crippen LogP contribution in [0.1, 0.15) is 13.8 Å². The largest absolute Gasteiger partial charge is 0.388 e. The summed E-state index contributed by atoms with van der Waals surface area (Å²) >= 11 is 6.57. The summed E-state index contributed by atoms with van der Waals surface area (Å²) in [6, 6.07) is 0. The average molecular weight is 245 g/mol. The van der Waals surface area contributed by atoms with Gasteiger partial charge in [-0.15, -0.1) is 0 Å². The highest BCUT2D eigenvalue weighted by Crippen LogP contribution is 2.21. The Morgan fingerprint density at radius 1 is 1.73 bits per heavy atom. The minimum Gasteiger partial charge on any atom is -0.388 e. The van der Waals surface area contributed by atoms with Gasteiger partial charge in [0.1, 0.15) is 4.32 Å². The predicted octanol–water partition coefficient (Wildman–Crippen LogP) is 1.42. The molecule has 1 rings (SSSR count). The first-order chi connectivity index (χ1) is 7.07. The molecule has 1 fully saturated rings. The minimum absolute atomic E-state index is 0.0874. The lowest BCUT2D eigenvalue weighted by Gasteiger charge is -2.21. The minimum atomic E-state index is -0.726. The first kappa shape index (κ1) is 12.7. The molecule has 15 heavy (non-hydrogen) atoms. The molecule has 0 aromatic rings. The summed E-state index contributed by atoms with van der Waals surface area (Å²) in [6.45, 7) is 4.20. The van der Waals surface area contributed by atoms with Crippen molar-refractivity contribution in [2.75, 3.05) is 12.3 Å². The lowest BCUT2D eigenvalue weighted by atomic mass is 10.0. The van der Waals surface area contributed by atoms with Crippen molar-refractivity contribution in [1.29, 1.82) is 0 Å². The molecular weight excluding hydrogens is 230 g/mol. The molecular formula is C10H15NO2S2. The van der Waals surface area contributed by atoms with E-state index >= 15 is 0 Å². The van der Waals surface area contributed by atoms with Crippen LogP contribution in [-0.4, -0.2) is 38.6 Å². The molecule has 0 radical (unpaired) electrons. The van der Waals surface area contributed by atoms with Crippen molar-refractivity contribution in [2.45, 2.75) is 20.0 Å². The van der Waals surface area contributed by atoms with Crippen molar-refractivity contribution in [1.82, 2.24) is 4.90 Å². The van der Waals surface area contributed by atoms with Gasteiger partial charge in [0.25, 0.3) is 0 Å². The van der Waals surface area contributed by atoms with Crippen LogP contribution < -0.4 is 0 Å². The van der Waals surface area contributed by atoms with Crippen LogP contribution in [0.3, 0.4) is 0 Å². The fourth-order valence-electron chi connectivity index (χ4n) is 1.35. The van der Waals surface area contributed by atoms with E-state index in [1.54, 1.807) is 24.0 Å². The zero-order valence-corrected chi connectivity index (χ0v) is 10.5. The normalized spacial score (nSPS) is 21.0. The van der Waals surface area contributed by atoms with Crippen LogP contribution in [-0.2, 0) is 4.79 Å². The Kier molecular flexibility index (Phi) is 4.76. The van der Waals surface area contributed by atoms with Gasteiger partial charge in [-0.25, -0.2) is 0 Å². The van der Waals surface area contributed by atoms with Crippen LogP contribution in [0.5, 0.6) is 0 Å². The van der Waals surface area contributed by atoms with Gasteiger partial charge < -0.3 is 5.11 Å². The molecule has 1 aliphatic rings. The van der Waals surface area contributed by atoms with Crippen LogP contribution >= 0.6 is 24.0 Å². The van der Waals surface area contributed by atoms with E-state index in [1.165, 1.54) is 11.8 Å². The maximum Gasteiger partial charge on any atom is 0.233 e. The van der Waals surface area contributed by atoms with E-state index in [1.807, 2.05) is 6.92 Å². The van der Waals surface area contributed by atoms with Crippen LogP contribution in [0, 0.1) is 5.92 Å². The summed E-state index contributed by atoms with van der Waals surface area (Å²) < 4.78 is 0.625. The first-order valence-electron chi connectivity index (χ1n) is 4.87. The fourth-order valence-corrected chi connectivity index (χ4v) is 2.57. The highest BCUT2D eigenvalue weighted by molar-refractivity contribution is 8.23. The van der Waals surface area contributed by atoms with E-state index in [4.69, 9.17) is 12.2 Å². The van der Waals surface area contributed by atoms with Crippen LogP contribution in [0.4, 0.5) is 0 Å². The number of hydrogen-bond donors (Lipinski definition) is 1. The highest BCUT2D eigenvalue weighted by Gasteiger charge is 2.30. The summed E-state index contributed by atoms with van der Waals surface area (Å²) in [5, 5.41) is 9.65. The number of hydrogen-bond acceptors (Lipinski definition) is 4. The monoisotopic (exact) mass is 245 g/mol. The molecule has 1 amide bonds. The van der Waals surface area contributed by atoms with Crippen molar-refractivity contribution in [3.63, 3.8) is 0 Å². The Hall–Kier alpha value is -0.390. The van der Waals surface area contributed by atoms with Crippen LogP contribution in [0.2, 0.25) is 0 Å². The summed E-state index contributed by atoms with van der Waals surface area (Å²) in [4.78, 5) is 13.5. The summed E-state index contributed by atoms with van der Waals surface area (Å²) in [6.07, 6.45) is 2.64. The molecule has 0 unspecified atom stereocenters. The Balaban J connectivity index is 2.63. The molecule has 0 aliphatic carbocycles. The Labute approximate surface area is 99.5 Å². The van der Waals surface area contributed by atoms with E-state index in [0.29, 0.717) is 10.9 Å². The van der Waals surface area contributed by atoms with Gasteiger partial charge in [0, 0.05) is 12.3 Å². The van der Waals surface area contributed by atoms with E-state index in [9.17, 15) is 9.90 Å². The van der Waals surface area contributed by atoms with E-state index in [2.05, 4.69) is 0 Å². The number of thioether (sulfide) groups is 1. The van der Waals surface area contributed by atoms with Crippen molar-refractivity contribution < 1.29 is 9.90 Å². The number of nitrogens with zero attached hydrogens (tertiary/aromatic N) is 1. The smallest absolute Gasteiger partial charge is 0.233 e. The summed E-state index contributed by atoms with van der Waals surface area (Å²) in [7, 11) is 0. The van der Waals surface area contributed by atoms with Gasteiger partial charge in [-0.1, -0.05) is 43.1 Å². The molecule has 1 N–H and O–H groups in total. The lowest BCUT2D eigenvalue weighted by molar-refractivity contribution is -0.132. The molecule has 0 saturated carbocycles. The van der Waals surface area contributed by atoms with Crippen molar-refractivity contribution in [3.8, 4) is 0 Å². The molecule has 3 nitrogen and oxygen atoms in total. The van der Waals surface area contributed by atoms with Gasteiger partial charge in [-0.05, 0) is 6.92 Å². The summed E-state index contributed by atoms with van der Waals surface area (Å²) in [5.41, 5.74) is 0. The Morgan fingerprint density at radius 3 is 2.87 bits per heavy atom. The molecule has 1 saturated heterocycles. The molecule has 5 heteroatoms. The number of carbonyl (C=O) groups excluding carboxylic acids is 1. The Bertz CT molecular complexity index is 291. The van der Waals surface area contributed by atoms with Crippen LogP contribution in [0.15, 0.2) is 12.2 Å². The maximum absolute atomic E-state index is 11.9. The molecule has 1 aliphatic heterocycles. The number of aliphatic hydroxyl groups excluding tert-OH is 1. The third-order valence-corrected chi connectivity index (χ3v) is 3.75.